The molecule has 4 nitrogen and oxygen atoms in total. The molecule has 1 N–H and O–H groups in total. The van der Waals surface area contributed by atoms with E-state index < -0.39 is 0 Å². The summed E-state index contributed by atoms with van der Waals surface area (Å²) in [7, 11) is 2.08. The van der Waals surface area contributed by atoms with E-state index in [1.54, 1.807) is 0 Å². The van der Waals surface area contributed by atoms with Crippen molar-refractivity contribution in [1.29, 1.82) is 0 Å². The maximum atomic E-state index is 4.88. The van der Waals surface area contributed by atoms with Gasteiger partial charge >= 0.3 is 0 Å². The first-order chi connectivity index (χ1) is 13.9. The first-order valence-corrected chi connectivity index (χ1v) is 10.7. The SMILES string of the molecule is CC(C)CNc1cc(CCc2cccc3ccccc23)nc(N(C)CC(C)C)n1. The van der Waals surface area contributed by atoms with Gasteiger partial charge in [0.15, 0.2) is 0 Å². The van der Waals surface area contributed by atoms with Crippen molar-refractivity contribution in [2.75, 3.05) is 30.4 Å². The first kappa shape index (κ1) is 21.1. The van der Waals surface area contributed by atoms with E-state index in [2.05, 4.69) is 93.5 Å². The van der Waals surface area contributed by atoms with Gasteiger partial charge in [0, 0.05) is 31.9 Å². The van der Waals surface area contributed by atoms with Crippen LogP contribution in [0.15, 0.2) is 48.5 Å². The molecule has 4 heteroatoms. The van der Waals surface area contributed by atoms with Crippen LogP contribution in [0.3, 0.4) is 0 Å². The summed E-state index contributed by atoms with van der Waals surface area (Å²) in [6.07, 6.45) is 1.87. The molecule has 29 heavy (non-hydrogen) atoms. The van der Waals surface area contributed by atoms with Crippen LogP contribution >= 0.6 is 0 Å². The van der Waals surface area contributed by atoms with E-state index in [4.69, 9.17) is 9.97 Å². The van der Waals surface area contributed by atoms with Crippen molar-refractivity contribution in [2.45, 2.75) is 40.5 Å². The molecule has 1 heterocycles. The van der Waals surface area contributed by atoms with Gasteiger partial charge in [-0.15, -0.1) is 0 Å². The summed E-state index contributed by atoms with van der Waals surface area (Å²) in [5, 5.41) is 6.11. The molecule has 0 amide bonds. The Bertz CT molecular complexity index is 928. The number of nitrogens with zero attached hydrogens (tertiary/aromatic N) is 3. The molecular formula is C25H34N4. The van der Waals surface area contributed by atoms with Gasteiger partial charge in [0.2, 0.25) is 5.95 Å². The van der Waals surface area contributed by atoms with Gasteiger partial charge in [-0.2, -0.15) is 4.98 Å². The van der Waals surface area contributed by atoms with Gasteiger partial charge in [-0.05, 0) is 41.0 Å². The maximum absolute atomic E-state index is 4.88. The summed E-state index contributed by atoms with van der Waals surface area (Å²) in [4.78, 5) is 11.8. The quantitative estimate of drug-likeness (QED) is 0.518. The third kappa shape index (κ3) is 5.93. The van der Waals surface area contributed by atoms with Crippen LogP contribution < -0.4 is 10.2 Å². The number of fused-ring (bicyclic) bond motifs is 1. The number of nitrogens with one attached hydrogen (secondary N) is 1. The van der Waals surface area contributed by atoms with Crippen molar-refractivity contribution < 1.29 is 0 Å². The minimum absolute atomic E-state index is 0.565. The fourth-order valence-electron chi connectivity index (χ4n) is 3.58. The smallest absolute Gasteiger partial charge is 0.227 e. The normalized spacial score (nSPS) is 11.4. The lowest BCUT2D eigenvalue weighted by Gasteiger charge is -2.21. The highest BCUT2D eigenvalue weighted by atomic mass is 15.2. The molecule has 0 aliphatic rings. The van der Waals surface area contributed by atoms with Crippen molar-refractivity contribution in [3.05, 3.63) is 59.8 Å². The third-order valence-electron chi connectivity index (χ3n) is 4.97. The average molecular weight is 391 g/mol. The van der Waals surface area contributed by atoms with Gasteiger partial charge in [0.1, 0.15) is 5.82 Å². The summed E-state index contributed by atoms with van der Waals surface area (Å²) in [6, 6.07) is 17.3. The first-order valence-electron chi connectivity index (χ1n) is 10.7. The Morgan fingerprint density at radius 2 is 1.66 bits per heavy atom. The number of aryl methyl sites for hydroxylation is 2. The van der Waals surface area contributed by atoms with Crippen LogP contribution in [-0.4, -0.2) is 30.1 Å². The van der Waals surface area contributed by atoms with Crippen molar-refractivity contribution in [3.8, 4) is 0 Å². The summed E-state index contributed by atoms with van der Waals surface area (Å²) in [5.74, 6) is 2.86. The molecule has 0 fully saturated rings. The second kappa shape index (κ2) is 9.73. The molecule has 0 aliphatic carbocycles. The zero-order chi connectivity index (χ0) is 20.8. The topological polar surface area (TPSA) is 41.1 Å². The number of rotatable bonds is 9. The fraction of sp³-hybridized carbons (Fsp3) is 0.440. The molecule has 1 aromatic heterocycles. The highest BCUT2D eigenvalue weighted by Crippen LogP contribution is 2.21. The number of hydrogen-bond donors (Lipinski definition) is 1. The predicted molar refractivity (Wildman–Crippen MR) is 125 cm³/mol. The van der Waals surface area contributed by atoms with Crippen molar-refractivity contribution >= 4 is 22.5 Å². The molecule has 0 spiro atoms. The molecule has 0 saturated heterocycles. The third-order valence-corrected chi connectivity index (χ3v) is 4.97. The summed E-state index contributed by atoms with van der Waals surface area (Å²) < 4.78 is 0. The van der Waals surface area contributed by atoms with Crippen molar-refractivity contribution in [1.82, 2.24) is 9.97 Å². The molecule has 3 aromatic rings. The molecule has 154 valence electrons. The Balaban J connectivity index is 1.83. The molecule has 0 atom stereocenters. The van der Waals surface area contributed by atoms with Crippen LogP contribution in [0, 0.1) is 11.8 Å². The minimum Gasteiger partial charge on any atom is -0.370 e. The van der Waals surface area contributed by atoms with Crippen LogP contribution in [0.2, 0.25) is 0 Å². The van der Waals surface area contributed by atoms with Crippen molar-refractivity contribution in [2.24, 2.45) is 11.8 Å². The molecule has 3 rings (SSSR count). The number of aromatic nitrogens is 2. The lowest BCUT2D eigenvalue weighted by atomic mass is 10.00. The van der Waals surface area contributed by atoms with E-state index in [1.807, 2.05) is 0 Å². The Hall–Kier alpha value is -2.62. The molecule has 2 aromatic carbocycles. The molecule has 0 saturated carbocycles. The summed E-state index contributed by atoms with van der Waals surface area (Å²) >= 11 is 0. The highest BCUT2D eigenvalue weighted by molar-refractivity contribution is 5.85. The fourth-order valence-corrected chi connectivity index (χ4v) is 3.58. The zero-order valence-corrected chi connectivity index (χ0v) is 18.4. The van der Waals surface area contributed by atoms with Crippen LogP contribution in [0.1, 0.15) is 39.0 Å². The second-order valence-corrected chi connectivity index (χ2v) is 8.73. The van der Waals surface area contributed by atoms with Crippen LogP contribution in [0.4, 0.5) is 11.8 Å². The van der Waals surface area contributed by atoms with E-state index in [1.165, 1.54) is 16.3 Å². The van der Waals surface area contributed by atoms with Gasteiger partial charge in [0.25, 0.3) is 0 Å². The van der Waals surface area contributed by atoms with Gasteiger partial charge in [-0.25, -0.2) is 4.98 Å². The zero-order valence-electron chi connectivity index (χ0n) is 18.4. The van der Waals surface area contributed by atoms with E-state index in [-0.39, 0.29) is 0 Å². The van der Waals surface area contributed by atoms with Gasteiger partial charge in [0.05, 0.1) is 0 Å². The van der Waals surface area contributed by atoms with E-state index in [9.17, 15) is 0 Å². The van der Waals surface area contributed by atoms with Gasteiger partial charge in [-0.1, -0.05) is 70.2 Å². The second-order valence-electron chi connectivity index (χ2n) is 8.73. The Labute approximate surface area is 175 Å². The average Bonchev–Trinajstić information content (AvgIpc) is 2.70. The Morgan fingerprint density at radius 1 is 0.897 bits per heavy atom. The highest BCUT2D eigenvalue weighted by Gasteiger charge is 2.11. The molecule has 0 aliphatic heterocycles. The summed E-state index contributed by atoms with van der Waals surface area (Å²) in [6.45, 7) is 10.7. The standard InChI is InChI=1S/C25H34N4/c1-18(2)16-26-24-15-22(27-25(28-24)29(5)17-19(3)4)14-13-21-11-8-10-20-9-6-7-12-23(20)21/h6-12,15,18-19H,13-14,16-17H2,1-5H3,(H,26,27,28). The molecule has 0 bridgehead atoms. The van der Waals surface area contributed by atoms with Crippen LogP contribution in [-0.2, 0) is 12.8 Å². The lowest BCUT2D eigenvalue weighted by Crippen LogP contribution is -2.25. The van der Waals surface area contributed by atoms with Crippen LogP contribution in [0.25, 0.3) is 10.8 Å². The Kier molecular flexibility index (Phi) is 7.08. The molecule has 0 radical (unpaired) electrons. The van der Waals surface area contributed by atoms with Crippen LogP contribution in [0.5, 0.6) is 0 Å². The Morgan fingerprint density at radius 3 is 2.41 bits per heavy atom. The largest absolute Gasteiger partial charge is 0.370 e. The maximum Gasteiger partial charge on any atom is 0.227 e. The lowest BCUT2D eigenvalue weighted by molar-refractivity contribution is 0.628. The summed E-state index contributed by atoms with van der Waals surface area (Å²) in [5.41, 5.74) is 2.46. The monoisotopic (exact) mass is 390 g/mol. The molecule has 0 unspecified atom stereocenters. The van der Waals surface area contributed by atoms with Gasteiger partial charge in [-0.3, -0.25) is 0 Å². The number of hydrogen-bond acceptors (Lipinski definition) is 4. The van der Waals surface area contributed by atoms with Gasteiger partial charge < -0.3 is 10.2 Å². The van der Waals surface area contributed by atoms with E-state index in [0.717, 1.165) is 43.4 Å². The van der Waals surface area contributed by atoms with E-state index >= 15 is 0 Å². The molecular weight excluding hydrogens is 356 g/mol. The van der Waals surface area contributed by atoms with Crippen molar-refractivity contribution in [3.63, 3.8) is 0 Å². The van der Waals surface area contributed by atoms with E-state index in [0.29, 0.717) is 11.8 Å². The minimum atomic E-state index is 0.565. The predicted octanol–water partition coefficient (Wildman–Crippen LogP) is 5.58. The number of anilines is 2. The number of benzene rings is 2.